The van der Waals surface area contributed by atoms with Crippen molar-refractivity contribution in [1.82, 2.24) is 10.3 Å². The Bertz CT molecular complexity index is 483. The molecule has 1 unspecified atom stereocenters. The number of rotatable bonds is 2. The van der Waals surface area contributed by atoms with Crippen LogP contribution >= 0.6 is 0 Å². The fraction of sp³-hybridized carbons (Fsp3) is 0.500. The Balaban J connectivity index is 1.89. The van der Waals surface area contributed by atoms with E-state index in [2.05, 4.69) is 10.3 Å². The van der Waals surface area contributed by atoms with Crippen LogP contribution in [0.15, 0.2) is 12.1 Å². The summed E-state index contributed by atoms with van der Waals surface area (Å²) in [4.78, 5) is 15.0. The standard InChI is InChI=1S/C12H14N2O3/c15-11(16)8-2-1-7-6-13-10(5-9(7)14-8)12(17)3-4-12/h1-2,10,13,17H,3-6H2,(H,15,16). The second kappa shape index (κ2) is 3.51. The fourth-order valence-corrected chi connectivity index (χ4v) is 2.34. The van der Waals surface area contributed by atoms with E-state index >= 15 is 0 Å². The maximum atomic E-state index is 10.8. The lowest BCUT2D eigenvalue weighted by Gasteiger charge is -2.29. The number of fused-ring (bicyclic) bond motifs is 1. The Morgan fingerprint density at radius 2 is 2.24 bits per heavy atom. The number of nitrogens with zero attached hydrogens (tertiary/aromatic N) is 1. The summed E-state index contributed by atoms with van der Waals surface area (Å²) in [7, 11) is 0. The molecule has 1 fully saturated rings. The maximum absolute atomic E-state index is 10.8. The number of carbonyl (C=O) groups is 1. The molecule has 1 aliphatic carbocycles. The molecule has 1 aromatic rings. The average Bonchev–Trinajstić information content (AvgIpc) is 3.07. The van der Waals surface area contributed by atoms with Gasteiger partial charge in [-0.25, -0.2) is 9.78 Å². The summed E-state index contributed by atoms with van der Waals surface area (Å²) < 4.78 is 0. The third kappa shape index (κ3) is 1.81. The summed E-state index contributed by atoms with van der Waals surface area (Å²) in [6.45, 7) is 0.648. The van der Waals surface area contributed by atoms with Crippen LogP contribution in [-0.4, -0.2) is 32.8 Å². The Hall–Kier alpha value is -1.46. The first-order valence-corrected chi connectivity index (χ1v) is 5.76. The molecule has 3 rings (SSSR count). The number of carboxylic acid groups (broad SMARTS) is 1. The zero-order valence-electron chi connectivity index (χ0n) is 9.31. The first-order valence-electron chi connectivity index (χ1n) is 5.76. The third-order valence-corrected chi connectivity index (χ3v) is 3.63. The Morgan fingerprint density at radius 1 is 1.47 bits per heavy atom. The minimum Gasteiger partial charge on any atom is -0.477 e. The topological polar surface area (TPSA) is 82.5 Å². The molecular formula is C12H14N2O3. The number of aromatic carboxylic acids is 1. The van der Waals surface area contributed by atoms with Crippen molar-refractivity contribution in [3.05, 3.63) is 29.1 Å². The van der Waals surface area contributed by atoms with E-state index in [1.165, 1.54) is 6.07 Å². The lowest BCUT2D eigenvalue weighted by Crippen LogP contribution is -2.46. The van der Waals surface area contributed by atoms with Gasteiger partial charge in [-0.1, -0.05) is 6.07 Å². The molecular weight excluding hydrogens is 220 g/mol. The Labute approximate surface area is 98.5 Å². The predicted molar refractivity (Wildman–Crippen MR) is 59.7 cm³/mol. The predicted octanol–water partition coefficient (Wildman–Crippen LogP) is 0.319. The van der Waals surface area contributed by atoms with Crippen LogP contribution in [0.2, 0.25) is 0 Å². The number of carboxylic acids is 1. The van der Waals surface area contributed by atoms with Crippen molar-refractivity contribution in [2.45, 2.75) is 37.5 Å². The highest BCUT2D eigenvalue weighted by Crippen LogP contribution is 2.40. The van der Waals surface area contributed by atoms with Crippen LogP contribution in [0.3, 0.4) is 0 Å². The van der Waals surface area contributed by atoms with Gasteiger partial charge in [0.15, 0.2) is 0 Å². The smallest absolute Gasteiger partial charge is 0.354 e. The molecule has 2 heterocycles. The van der Waals surface area contributed by atoms with Crippen molar-refractivity contribution in [2.75, 3.05) is 0 Å². The van der Waals surface area contributed by atoms with Crippen LogP contribution < -0.4 is 5.32 Å². The summed E-state index contributed by atoms with van der Waals surface area (Å²) >= 11 is 0. The van der Waals surface area contributed by atoms with E-state index in [1.54, 1.807) is 6.07 Å². The fourth-order valence-electron chi connectivity index (χ4n) is 2.34. The molecule has 1 saturated carbocycles. The van der Waals surface area contributed by atoms with E-state index in [9.17, 15) is 9.90 Å². The minimum atomic E-state index is -1.01. The van der Waals surface area contributed by atoms with Crippen molar-refractivity contribution in [3.8, 4) is 0 Å². The van der Waals surface area contributed by atoms with E-state index in [0.717, 1.165) is 24.1 Å². The van der Waals surface area contributed by atoms with Crippen LogP contribution in [0.25, 0.3) is 0 Å². The first-order chi connectivity index (χ1) is 8.08. The van der Waals surface area contributed by atoms with Crippen molar-refractivity contribution < 1.29 is 15.0 Å². The zero-order chi connectivity index (χ0) is 12.0. The zero-order valence-corrected chi connectivity index (χ0v) is 9.31. The lowest BCUT2D eigenvalue weighted by atomic mass is 9.95. The van der Waals surface area contributed by atoms with E-state index < -0.39 is 11.6 Å². The molecule has 5 heteroatoms. The van der Waals surface area contributed by atoms with E-state index in [-0.39, 0.29) is 11.7 Å². The Morgan fingerprint density at radius 3 is 2.88 bits per heavy atom. The van der Waals surface area contributed by atoms with Gasteiger partial charge in [0.1, 0.15) is 5.69 Å². The molecule has 3 N–H and O–H groups in total. The van der Waals surface area contributed by atoms with E-state index in [4.69, 9.17) is 5.11 Å². The normalized spacial score (nSPS) is 25.1. The van der Waals surface area contributed by atoms with Gasteiger partial charge in [0.05, 0.1) is 5.60 Å². The summed E-state index contributed by atoms with van der Waals surface area (Å²) in [5, 5.41) is 22.2. The molecule has 90 valence electrons. The molecule has 5 nitrogen and oxygen atoms in total. The van der Waals surface area contributed by atoms with Crippen molar-refractivity contribution in [2.24, 2.45) is 0 Å². The molecule has 0 saturated heterocycles. The van der Waals surface area contributed by atoms with Crippen molar-refractivity contribution >= 4 is 5.97 Å². The quantitative estimate of drug-likeness (QED) is 0.686. The molecule has 0 amide bonds. The number of aromatic nitrogens is 1. The summed E-state index contributed by atoms with van der Waals surface area (Å²) in [5.74, 6) is -1.01. The molecule has 2 aliphatic rings. The monoisotopic (exact) mass is 234 g/mol. The van der Waals surface area contributed by atoms with Crippen LogP contribution in [0, 0.1) is 0 Å². The molecule has 0 aromatic carbocycles. The highest BCUT2D eigenvalue weighted by Gasteiger charge is 2.48. The highest BCUT2D eigenvalue weighted by molar-refractivity contribution is 5.85. The average molecular weight is 234 g/mol. The molecule has 1 atom stereocenters. The largest absolute Gasteiger partial charge is 0.477 e. The van der Waals surface area contributed by atoms with Crippen LogP contribution in [-0.2, 0) is 13.0 Å². The van der Waals surface area contributed by atoms with Gasteiger partial charge in [0.2, 0.25) is 0 Å². The van der Waals surface area contributed by atoms with E-state index in [0.29, 0.717) is 13.0 Å². The maximum Gasteiger partial charge on any atom is 0.354 e. The molecule has 1 aliphatic heterocycles. The Kier molecular flexibility index (Phi) is 2.21. The number of nitrogens with one attached hydrogen (secondary N) is 1. The first kappa shape index (κ1) is 10.7. The SMILES string of the molecule is O=C(O)c1ccc2c(n1)CC(C1(O)CC1)NC2. The van der Waals surface area contributed by atoms with Gasteiger partial charge in [-0.15, -0.1) is 0 Å². The molecule has 0 spiro atoms. The van der Waals surface area contributed by atoms with Crippen LogP contribution in [0.4, 0.5) is 0 Å². The van der Waals surface area contributed by atoms with Crippen molar-refractivity contribution in [3.63, 3.8) is 0 Å². The minimum absolute atomic E-state index is 0.00606. The number of pyridine rings is 1. The number of hydrogen-bond acceptors (Lipinski definition) is 4. The highest BCUT2D eigenvalue weighted by atomic mass is 16.4. The van der Waals surface area contributed by atoms with Gasteiger partial charge in [-0.05, 0) is 24.5 Å². The summed E-state index contributed by atoms with van der Waals surface area (Å²) in [5.41, 5.74) is 1.30. The molecule has 17 heavy (non-hydrogen) atoms. The summed E-state index contributed by atoms with van der Waals surface area (Å²) in [6, 6.07) is 3.33. The summed E-state index contributed by atoms with van der Waals surface area (Å²) in [6.07, 6.45) is 2.24. The van der Waals surface area contributed by atoms with Gasteiger partial charge >= 0.3 is 5.97 Å². The van der Waals surface area contributed by atoms with Crippen LogP contribution in [0.5, 0.6) is 0 Å². The van der Waals surface area contributed by atoms with E-state index in [1.807, 2.05) is 0 Å². The van der Waals surface area contributed by atoms with Crippen molar-refractivity contribution in [1.29, 1.82) is 0 Å². The molecule has 0 bridgehead atoms. The van der Waals surface area contributed by atoms with Gasteiger partial charge in [0, 0.05) is 24.7 Å². The van der Waals surface area contributed by atoms with Gasteiger partial charge in [-0.2, -0.15) is 0 Å². The molecule has 1 aromatic heterocycles. The lowest BCUT2D eigenvalue weighted by molar-refractivity contribution is 0.0689. The van der Waals surface area contributed by atoms with Gasteiger partial charge < -0.3 is 15.5 Å². The number of aliphatic hydroxyl groups is 1. The number of hydrogen-bond donors (Lipinski definition) is 3. The second-order valence-electron chi connectivity index (χ2n) is 4.85. The molecule has 0 radical (unpaired) electrons. The third-order valence-electron chi connectivity index (χ3n) is 3.63. The second-order valence-corrected chi connectivity index (χ2v) is 4.85. The van der Waals surface area contributed by atoms with Crippen LogP contribution in [0.1, 0.15) is 34.6 Å². The van der Waals surface area contributed by atoms with Gasteiger partial charge in [-0.3, -0.25) is 0 Å². The van der Waals surface area contributed by atoms with Gasteiger partial charge in [0.25, 0.3) is 0 Å².